The number of hydrogen-bond acceptors (Lipinski definition) is 4. The van der Waals surface area contributed by atoms with E-state index in [-0.39, 0.29) is 18.3 Å². The van der Waals surface area contributed by atoms with Crippen molar-refractivity contribution in [3.05, 3.63) is 23.8 Å². The molecule has 4 aliphatic rings. The van der Waals surface area contributed by atoms with Crippen molar-refractivity contribution < 1.29 is 14.3 Å². The zero-order valence-corrected chi connectivity index (χ0v) is 17.3. The molecule has 154 valence electrons. The number of piperidine rings is 1. The summed E-state index contributed by atoms with van der Waals surface area (Å²) >= 11 is 0. The number of fused-ring (bicyclic) bond motifs is 1. The summed E-state index contributed by atoms with van der Waals surface area (Å²) in [4.78, 5) is 15.8. The zero-order chi connectivity index (χ0) is 18.3. The standard InChI is InChI=1S/C22H30N2O3.ClH/c25-21(18-13-22(18)8-10-23-11-9-22)24(17-4-2-1-3-5-17)14-16-6-7-19-20(12-16)27-15-26-19;/h6-7,12,17-18,23H,1-5,8-11,13-15H2;1H. The van der Waals surface area contributed by atoms with Crippen molar-refractivity contribution in [2.45, 2.75) is 64.0 Å². The van der Waals surface area contributed by atoms with Crippen molar-refractivity contribution in [2.75, 3.05) is 19.9 Å². The SMILES string of the molecule is Cl.O=C(C1CC12CCNCC2)N(Cc1ccc2c(c1)OCO2)C1CCCCC1. The number of carbonyl (C=O) groups excluding carboxylic acids is 1. The van der Waals surface area contributed by atoms with Crippen LogP contribution in [0, 0.1) is 11.3 Å². The van der Waals surface area contributed by atoms with Crippen LogP contribution in [0.4, 0.5) is 0 Å². The van der Waals surface area contributed by atoms with Gasteiger partial charge in [0, 0.05) is 18.5 Å². The molecular formula is C22H31ClN2O3. The van der Waals surface area contributed by atoms with Crippen molar-refractivity contribution in [1.29, 1.82) is 0 Å². The lowest BCUT2D eigenvalue weighted by Crippen LogP contribution is -2.43. The normalized spacial score (nSPS) is 25.2. The molecule has 2 saturated carbocycles. The van der Waals surface area contributed by atoms with Crippen LogP contribution < -0.4 is 14.8 Å². The molecule has 6 heteroatoms. The summed E-state index contributed by atoms with van der Waals surface area (Å²) in [6.07, 6.45) is 9.51. The van der Waals surface area contributed by atoms with Gasteiger partial charge in [-0.2, -0.15) is 0 Å². The molecule has 5 nitrogen and oxygen atoms in total. The maximum Gasteiger partial charge on any atom is 0.231 e. The maximum absolute atomic E-state index is 13.6. The second-order valence-corrected chi connectivity index (χ2v) is 8.81. The third kappa shape index (κ3) is 3.71. The third-order valence-electron chi connectivity index (χ3n) is 7.18. The maximum atomic E-state index is 13.6. The average molecular weight is 407 g/mol. The Morgan fingerprint density at radius 3 is 2.64 bits per heavy atom. The highest BCUT2D eigenvalue weighted by molar-refractivity contribution is 5.85. The van der Waals surface area contributed by atoms with Gasteiger partial charge < -0.3 is 19.7 Å². The Balaban J connectivity index is 0.00000192. The van der Waals surface area contributed by atoms with E-state index in [4.69, 9.17) is 9.47 Å². The minimum atomic E-state index is 0. The van der Waals surface area contributed by atoms with Crippen LogP contribution in [0.2, 0.25) is 0 Å². The van der Waals surface area contributed by atoms with E-state index in [1.165, 1.54) is 19.3 Å². The van der Waals surface area contributed by atoms with Gasteiger partial charge >= 0.3 is 0 Å². The van der Waals surface area contributed by atoms with Crippen LogP contribution in [-0.2, 0) is 11.3 Å². The molecule has 1 unspecified atom stereocenters. The summed E-state index contributed by atoms with van der Waals surface area (Å²) < 4.78 is 11.0. The molecule has 1 N–H and O–H groups in total. The van der Waals surface area contributed by atoms with E-state index in [2.05, 4.69) is 22.3 Å². The van der Waals surface area contributed by atoms with Gasteiger partial charge in [0.25, 0.3) is 0 Å². The Kier molecular flexibility index (Phi) is 5.75. The summed E-state index contributed by atoms with van der Waals surface area (Å²) in [6.45, 7) is 3.12. The second kappa shape index (κ2) is 8.11. The minimum absolute atomic E-state index is 0. The van der Waals surface area contributed by atoms with Crippen molar-refractivity contribution in [2.24, 2.45) is 11.3 Å². The number of nitrogens with one attached hydrogen (secondary N) is 1. The fourth-order valence-corrected chi connectivity index (χ4v) is 5.39. The predicted octanol–water partition coefficient (Wildman–Crippen LogP) is 3.89. The van der Waals surface area contributed by atoms with Gasteiger partial charge in [-0.05, 0) is 68.3 Å². The molecule has 0 radical (unpaired) electrons. The Morgan fingerprint density at radius 1 is 1.11 bits per heavy atom. The molecule has 1 atom stereocenters. The molecule has 28 heavy (non-hydrogen) atoms. The monoisotopic (exact) mass is 406 g/mol. The zero-order valence-electron chi connectivity index (χ0n) is 16.5. The van der Waals surface area contributed by atoms with Gasteiger partial charge in [-0.3, -0.25) is 4.79 Å². The van der Waals surface area contributed by atoms with E-state index in [9.17, 15) is 4.79 Å². The van der Waals surface area contributed by atoms with E-state index in [1.54, 1.807) is 0 Å². The molecule has 0 bridgehead atoms. The molecule has 1 saturated heterocycles. The van der Waals surface area contributed by atoms with Crippen molar-refractivity contribution in [3.63, 3.8) is 0 Å². The van der Waals surface area contributed by atoms with Crippen LogP contribution in [0.15, 0.2) is 18.2 Å². The molecule has 2 heterocycles. The van der Waals surface area contributed by atoms with Gasteiger partial charge in [0.1, 0.15) is 0 Å². The van der Waals surface area contributed by atoms with Crippen LogP contribution in [0.1, 0.15) is 56.9 Å². The number of benzene rings is 1. The lowest BCUT2D eigenvalue weighted by molar-refractivity contribution is -0.137. The number of halogens is 1. The third-order valence-corrected chi connectivity index (χ3v) is 7.18. The number of carbonyl (C=O) groups is 1. The molecule has 3 fully saturated rings. The van der Waals surface area contributed by atoms with Gasteiger partial charge in [0.2, 0.25) is 12.7 Å². The quantitative estimate of drug-likeness (QED) is 0.824. The first-order valence-corrected chi connectivity index (χ1v) is 10.6. The first kappa shape index (κ1) is 19.8. The largest absolute Gasteiger partial charge is 0.454 e. The number of rotatable bonds is 4. The first-order valence-electron chi connectivity index (χ1n) is 10.6. The molecule has 2 aliphatic heterocycles. The van der Waals surface area contributed by atoms with E-state index in [1.807, 2.05) is 6.07 Å². The van der Waals surface area contributed by atoms with E-state index in [0.717, 1.165) is 62.3 Å². The van der Waals surface area contributed by atoms with Crippen molar-refractivity contribution in [1.82, 2.24) is 10.2 Å². The summed E-state index contributed by atoms with van der Waals surface area (Å²) in [5, 5.41) is 3.45. The average Bonchev–Trinajstić information content (AvgIpc) is 3.19. The smallest absolute Gasteiger partial charge is 0.231 e. The van der Waals surface area contributed by atoms with Gasteiger partial charge in [-0.1, -0.05) is 25.3 Å². The molecule has 1 aromatic carbocycles. The number of nitrogens with zero attached hydrogens (tertiary/aromatic N) is 1. The summed E-state index contributed by atoms with van der Waals surface area (Å²) in [5.74, 6) is 2.27. The lowest BCUT2D eigenvalue weighted by Gasteiger charge is -2.36. The van der Waals surface area contributed by atoms with Crippen molar-refractivity contribution in [3.8, 4) is 11.5 Å². The van der Waals surface area contributed by atoms with Gasteiger partial charge in [0.15, 0.2) is 11.5 Å². The summed E-state index contributed by atoms with van der Waals surface area (Å²) in [5.41, 5.74) is 1.45. The fraction of sp³-hybridized carbons (Fsp3) is 0.682. The second-order valence-electron chi connectivity index (χ2n) is 8.81. The molecule has 1 spiro atoms. The molecular weight excluding hydrogens is 376 g/mol. The predicted molar refractivity (Wildman–Crippen MR) is 110 cm³/mol. The van der Waals surface area contributed by atoms with E-state index >= 15 is 0 Å². The number of ether oxygens (including phenoxy) is 2. The van der Waals surface area contributed by atoms with Gasteiger partial charge in [-0.25, -0.2) is 0 Å². The summed E-state index contributed by atoms with van der Waals surface area (Å²) in [7, 11) is 0. The molecule has 1 aromatic rings. The highest BCUT2D eigenvalue weighted by Crippen LogP contribution is 2.59. The Morgan fingerprint density at radius 2 is 1.86 bits per heavy atom. The summed E-state index contributed by atoms with van der Waals surface area (Å²) in [6, 6.07) is 6.52. The molecule has 2 aliphatic carbocycles. The topological polar surface area (TPSA) is 50.8 Å². The molecule has 0 aromatic heterocycles. The fourth-order valence-electron chi connectivity index (χ4n) is 5.39. The molecule has 1 amide bonds. The van der Waals surface area contributed by atoms with E-state index in [0.29, 0.717) is 30.7 Å². The van der Waals surface area contributed by atoms with Crippen LogP contribution in [0.5, 0.6) is 11.5 Å². The van der Waals surface area contributed by atoms with Gasteiger partial charge in [-0.15, -0.1) is 12.4 Å². The van der Waals surface area contributed by atoms with Crippen molar-refractivity contribution >= 4 is 18.3 Å². The number of hydrogen-bond donors (Lipinski definition) is 1. The lowest BCUT2D eigenvalue weighted by atomic mass is 9.90. The van der Waals surface area contributed by atoms with Crippen LogP contribution in [0.3, 0.4) is 0 Å². The van der Waals surface area contributed by atoms with Crippen LogP contribution in [-0.4, -0.2) is 36.7 Å². The molecule has 5 rings (SSSR count). The minimum Gasteiger partial charge on any atom is -0.454 e. The Hall–Kier alpha value is -1.46. The van der Waals surface area contributed by atoms with Gasteiger partial charge in [0.05, 0.1) is 0 Å². The highest BCUT2D eigenvalue weighted by atomic mass is 35.5. The Labute approximate surface area is 173 Å². The number of amides is 1. The van der Waals surface area contributed by atoms with E-state index < -0.39 is 0 Å². The highest BCUT2D eigenvalue weighted by Gasteiger charge is 2.58. The Bertz CT molecular complexity index is 714. The first-order chi connectivity index (χ1) is 13.3. The van der Waals surface area contributed by atoms with Crippen LogP contribution >= 0.6 is 12.4 Å². The van der Waals surface area contributed by atoms with Crippen LogP contribution in [0.25, 0.3) is 0 Å².